The number of nitrogens with zero attached hydrogens (tertiary/aromatic N) is 1. The van der Waals surface area contributed by atoms with E-state index in [4.69, 9.17) is 0 Å². The zero-order valence-electron chi connectivity index (χ0n) is 5.43. The number of hydrogen-bond acceptors (Lipinski definition) is 3. The highest BCUT2D eigenvalue weighted by Gasteiger charge is 2.02. The highest BCUT2D eigenvalue weighted by Crippen LogP contribution is 2.10. The molecule has 0 aliphatic heterocycles. The Labute approximate surface area is 61.7 Å². The van der Waals surface area contributed by atoms with Gasteiger partial charge in [0, 0.05) is 0 Å². The fraction of sp³-hybridized carbons (Fsp3) is 0.333. The van der Waals surface area contributed by atoms with E-state index in [1.165, 1.54) is 6.92 Å². The van der Waals surface area contributed by atoms with E-state index in [0.717, 1.165) is 17.5 Å². The molecule has 0 radical (unpaired) electrons. The minimum atomic E-state index is -0.337. The molecule has 10 heavy (non-hydrogen) atoms. The molecule has 0 aromatic carbocycles. The quantitative estimate of drug-likeness (QED) is 0.653. The van der Waals surface area contributed by atoms with E-state index in [0.29, 0.717) is 5.01 Å². The van der Waals surface area contributed by atoms with Gasteiger partial charge in [-0.15, -0.1) is 0 Å². The van der Waals surface area contributed by atoms with Crippen LogP contribution < -0.4 is 0 Å². The van der Waals surface area contributed by atoms with Crippen LogP contribution in [0.25, 0.3) is 0 Å². The van der Waals surface area contributed by atoms with E-state index in [1.807, 2.05) is 0 Å². The van der Waals surface area contributed by atoms with Gasteiger partial charge >= 0.3 is 0 Å². The molecule has 1 rings (SSSR count). The van der Waals surface area contributed by atoms with Crippen LogP contribution >= 0.6 is 11.3 Å². The van der Waals surface area contributed by atoms with Crippen LogP contribution in [0.5, 0.6) is 0 Å². The molecule has 1 heterocycles. The zero-order chi connectivity index (χ0) is 7.56. The first kappa shape index (κ1) is 7.34. The summed E-state index contributed by atoms with van der Waals surface area (Å²) < 4.78 is 12.2. The molecule has 1 aromatic rings. The number of carbonyl (C=O) groups is 1. The van der Waals surface area contributed by atoms with Crippen molar-refractivity contribution in [3.8, 4) is 0 Å². The molecule has 0 unspecified atom stereocenters. The Kier molecular flexibility index (Phi) is 2.11. The molecule has 0 atom stereocenters. The van der Waals surface area contributed by atoms with Crippen LogP contribution in [0.15, 0.2) is 6.20 Å². The third kappa shape index (κ3) is 1.88. The fourth-order valence-electron chi connectivity index (χ4n) is 0.583. The molecule has 0 aliphatic rings. The Hall–Kier alpha value is -0.770. The number of aromatic nitrogens is 1. The van der Waals surface area contributed by atoms with E-state index < -0.39 is 0 Å². The smallest absolute Gasteiger partial charge is 0.196 e. The molecule has 1 aromatic heterocycles. The number of thiazole rings is 1. The van der Waals surface area contributed by atoms with E-state index in [9.17, 15) is 9.18 Å². The first-order chi connectivity index (χ1) is 4.68. The van der Waals surface area contributed by atoms with Gasteiger partial charge in [0.15, 0.2) is 5.13 Å². The van der Waals surface area contributed by atoms with Gasteiger partial charge in [-0.1, -0.05) is 11.3 Å². The monoisotopic (exact) mass is 159 g/mol. The molecule has 54 valence electrons. The van der Waals surface area contributed by atoms with Crippen molar-refractivity contribution in [1.29, 1.82) is 0 Å². The maximum atomic E-state index is 12.2. The van der Waals surface area contributed by atoms with Crippen molar-refractivity contribution >= 4 is 17.1 Å². The summed E-state index contributed by atoms with van der Waals surface area (Å²) in [6.07, 6.45) is 1.37. The molecular weight excluding hydrogens is 153 g/mol. The Morgan fingerprint density at radius 2 is 2.60 bits per heavy atom. The van der Waals surface area contributed by atoms with Crippen LogP contribution in [0.1, 0.15) is 11.9 Å². The second-order valence-corrected chi connectivity index (χ2v) is 3.00. The molecule has 0 amide bonds. The number of Topliss-reactive ketones (excluding diaryl/α,β-unsaturated/α-hetero) is 1. The summed E-state index contributed by atoms with van der Waals surface area (Å²) in [5, 5.41) is 0.209. The Bertz CT molecular complexity index is 246. The van der Waals surface area contributed by atoms with E-state index in [-0.39, 0.29) is 17.3 Å². The molecule has 0 aliphatic carbocycles. The lowest BCUT2D eigenvalue weighted by molar-refractivity contribution is -0.116. The molecule has 0 saturated heterocycles. The lowest BCUT2D eigenvalue weighted by Gasteiger charge is -1.84. The first-order valence-electron chi connectivity index (χ1n) is 2.78. The molecule has 0 saturated carbocycles. The van der Waals surface area contributed by atoms with Crippen LogP contribution in [0.2, 0.25) is 0 Å². The van der Waals surface area contributed by atoms with Gasteiger partial charge in [-0.2, -0.15) is 4.39 Å². The van der Waals surface area contributed by atoms with Crippen molar-refractivity contribution in [3.05, 3.63) is 16.3 Å². The summed E-state index contributed by atoms with van der Waals surface area (Å²) in [6.45, 7) is 1.46. The van der Waals surface area contributed by atoms with Crippen molar-refractivity contribution in [2.24, 2.45) is 0 Å². The fourth-order valence-corrected chi connectivity index (χ4v) is 1.29. The van der Waals surface area contributed by atoms with Gasteiger partial charge in [-0.05, 0) is 6.92 Å². The zero-order valence-corrected chi connectivity index (χ0v) is 6.24. The lowest BCUT2D eigenvalue weighted by Crippen LogP contribution is -1.94. The largest absolute Gasteiger partial charge is 0.300 e. The van der Waals surface area contributed by atoms with E-state index >= 15 is 0 Å². The topological polar surface area (TPSA) is 30.0 Å². The lowest BCUT2D eigenvalue weighted by atomic mass is 10.3. The molecule has 0 bridgehead atoms. The SMILES string of the molecule is CC(=O)Cc1ncc(F)s1. The maximum absolute atomic E-state index is 12.2. The number of rotatable bonds is 2. The third-order valence-electron chi connectivity index (χ3n) is 0.926. The van der Waals surface area contributed by atoms with E-state index in [1.54, 1.807) is 0 Å². The van der Waals surface area contributed by atoms with Gasteiger partial charge in [0.25, 0.3) is 0 Å². The maximum Gasteiger partial charge on any atom is 0.196 e. The second kappa shape index (κ2) is 2.88. The molecule has 0 spiro atoms. The Balaban J connectivity index is 2.67. The van der Waals surface area contributed by atoms with Crippen molar-refractivity contribution < 1.29 is 9.18 Å². The van der Waals surface area contributed by atoms with Gasteiger partial charge in [0.2, 0.25) is 0 Å². The summed E-state index contributed by atoms with van der Waals surface area (Å²) in [6, 6.07) is 0. The Morgan fingerprint density at radius 3 is 3.00 bits per heavy atom. The predicted molar refractivity (Wildman–Crippen MR) is 36.5 cm³/mol. The van der Waals surface area contributed by atoms with Crippen molar-refractivity contribution in [1.82, 2.24) is 4.98 Å². The third-order valence-corrected chi connectivity index (χ3v) is 1.71. The standard InChI is InChI=1S/C6H6FNOS/c1-4(9)2-6-8-3-5(7)10-6/h3H,2H2,1H3. The second-order valence-electron chi connectivity index (χ2n) is 1.94. The van der Waals surface area contributed by atoms with Gasteiger partial charge in [-0.3, -0.25) is 4.79 Å². The number of hydrogen-bond donors (Lipinski definition) is 0. The first-order valence-corrected chi connectivity index (χ1v) is 3.60. The van der Waals surface area contributed by atoms with Gasteiger partial charge in [0.05, 0.1) is 12.6 Å². The minimum absolute atomic E-state index is 0.00866. The van der Waals surface area contributed by atoms with Crippen molar-refractivity contribution in [2.45, 2.75) is 13.3 Å². The highest BCUT2D eigenvalue weighted by molar-refractivity contribution is 7.10. The summed E-state index contributed by atoms with van der Waals surface area (Å²) >= 11 is 0.917. The van der Waals surface area contributed by atoms with Crippen LogP contribution in [0.4, 0.5) is 4.39 Å². The summed E-state index contributed by atoms with van der Waals surface area (Å²) in [5.41, 5.74) is 0. The average Bonchev–Trinajstić information content (AvgIpc) is 2.13. The van der Waals surface area contributed by atoms with Gasteiger partial charge in [-0.25, -0.2) is 4.98 Å². The summed E-state index contributed by atoms with van der Waals surface area (Å²) in [4.78, 5) is 14.1. The average molecular weight is 159 g/mol. The molecular formula is C6H6FNOS. The van der Waals surface area contributed by atoms with Crippen LogP contribution in [0, 0.1) is 5.13 Å². The van der Waals surface area contributed by atoms with Gasteiger partial charge < -0.3 is 0 Å². The molecule has 2 nitrogen and oxygen atoms in total. The highest BCUT2D eigenvalue weighted by atomic mass is 32.1. The van der Waals surface area contributed by atoms with Crippen molar-refractivity contribution in [3.63, 3.8) is 0 Å². The Morgan fingerprint density at radius 1 is 1.90 bits per heavy atom. The van der Waals surface area contributed by atoms with E-state index in [2.05, 4.69) is 4.98 Å². The predicted octanol–water partition coefficient (Wildman–Crippen LogP) is 1.41. The van der Waals surface area contributed by atoms with Crippen molar-refractivity contribution in [2.75, 3.05) is 0 Å². The normalized spacial score (nSPS) is 9.80. The van der Waals surface area contributed by atoms with Gasteiger partial charge in [0.1, 0.15) is 10.8 Å². The number of ketones is 1. The number of carbonyl (C=O) groups excluding carboxylic acids is 1. The van der Waals surface area contributed by atoms with Crippen LogP contribution in [-0.2, 0) is 11.2 Å². The number of halogens is 1. The van der Waals surface area contributed by atoms with Crippen LogP contribution in [0.3, 0.4) is 0 Å². The summed E-state index contributed by atoms with van der Waals surface area (Å²) in [5.74, 6) is 0.00866. The minimum Gasteiger partial charge on any atom is -0.300 e. The molecule has 0 N–H and O–H groups in total. The van der Waals surface area contributed by atoms with Crippen LogP contribution in [-0.4, -0.2) is 10.8 Å². The molecule has 4 heteroatoms. The molecule has 0 fully saturated rings. The summed E-state index contributed by atoms with van der Waals surface area (Å²) in [7, 11) is 0.